The zero-order valence-electron chi connectivity index (χ0n) is 9.49. The largest absolute Gasteiger partial charge is 0.312 e. The number of H-pyrrole nitrogens is 1. The first-order valence-electron chi connectivity index (χ1n) is 5.35. The van der Waals surface area contributed by atoms with Gasteiger partial charge in [0, 0.05) is 5.56 Å². The lowest BCUT2D eigenvalue weighted by Gasteiger charge is -1.98. The number of tetrazole rings is 1. The summed E-state index contributed by atoms with van der Waals surface area (Å²) in [6, 6.07) is 9.43. The van der Waals surface area contributed by atoms with Gasteiger partial charge >= 0.3 is 0 Å². The average Bonchev–Trinajstić information content (AvgIpc) is 2.92. The van der Waals surface area contributed by atoms with Crippen LogP contribution in [0.15, 0.2) is 45.9 Å². The number of halogens is 1. The predicted octanol–water partition coefficient (Wildman–Crippen LogP) is 1.18. The lowest BCUT2D eigenvalue weighted by Crippen LogP contribution is -2.13. The molecule has 0 aliphatic carbocycles. The number of aromatic nitrogens is 6. The summed E-state index contributed by atoms with van der Waals surface area (Å²) in [5.74, 6) is 0.757. The molecule has 0 radical (unpaired) electrons. The van der Waals surface area contributed by atoms with Gasteiger partial charge in [-0.3, -0.25) is 4.79 Å². The first kappa shape index (κ1) is 11.7. The van der Waals surface area contributed by atoms with Crippen LogP contribution in [0.4, 0.5) is 0 Å². The summed E-state index contributed by atoms with van der Waals surface area (Å²) in [4.78, 5) is 19.1. The average molecular weight is 319 g/mol. The smallest absolute Gasteiger partial charge is 0.267 e. The van der Waals surface area contributed by atoms with Gasteiger partial charge in [0.05, 0.1) is 6.33 Å². The topological polar surface area (TPSA) is 89.4 Å². The van der Waals surface area contributed by atoms with Crippen LogP contribution in [0.3, 0.4) is 0 Å². The summed E-state index contributed by atoms with van der Waals surface area (Å²) in [6.45, 7) is 0. The second-order valence-corrected chi connectivity index (χ2v) is 4.43. The maximum absolute atomic E-state index is 11.5. The van der Waals surface area contributed by atoms with E-state index in [1.165, 1.54) is 11.1 Å². The molecular weight excluding hydrogens is 312 g/mol. The van der Waals surface area contributed by atoms with Crippen LogP contribution in [0.2, 0.25) is 0 Å². The molecule has 0 saturated carbocycles. The van der Waals surface area contributed by atoms with Gasteiger partial charge in [-0.25, -0.2) is 4.98 Å². The Morgan fingerprint density at radius 1 is 1.21 bits per heavy atom. The molecule has 3 rings (SSSR count). The summed E-state index contributed by atoms with van der Waals surface area (Å²) in [5.41, 5.74) is 0.540. The quantitative estimate of drug-likeness (QED) is 0.766. The number of nitrogens with one attached hydrogen (secondary N) is 1. The van der Waals surface area contributed by atoms with E-state index in [4.69, 9.17) is 0 Å². The zero-order valence-corrected chi connectivity index (χ0v) is 11.1. The van der Waals surface area contributed by atoms with E-state index in [0.29, 0.717) is 11.6 Å². The Morgan fingerprint density at radius 3 is 2.79 bits per heavy atom. The maximum Gasteiger partial charge on any atom is 0.267 e. The van der Waals surface area contributed by atoms with Crippen LogP contribution < -0.4 is 5.56 Å². The van der Waals surface area contributed by atoms with Crippen molar-refractivity contribution in [1.29, 1.82) is 0 Å². The molecule has 1 aromatic carbocycles. The molecule has 94 valence electrons. The minimum atomic E-state index is -0.302. The summed E-state index contributed by atoms with van der Waals surface area (Å²) in [6.07, 6.45) is 1.29. The van der Waals surface area contributed by atoms with Crippen LogP contribution in [-0.4, -0.2) is 30.2 Å². The third-order valence-corrected chi connectivity index (χ3v) is 3.13. The molecule has 2 heterocycles. The molecule has 0 unspecified atom stereocenters. The van der Waals surface area contributed by atoms with Crippen molar-refractivity contribution in [2.75, 3.05) is 0 Å². The van der Waals surface area contributed by atoms with E-state index >= 15 is 0 Å². The first-order valence-corrected chi connectivity index (χ1v) is 6.14. The highest BCUT2D eigenvalue weighted by Gasteiger charge is 2.12. The Hall–Kier alpha value is -2.35. The lowest BCUT2D eigenvalue weighted by molar-refractivity contribution is 0.692. The molecule has 8 heteroatoms. The Labute approximate surface area is 115 Å². The standard InChI is InChI=1S/C11H7BrN6O/c12-8-10(13-6-14-11(8)19)18-16-9(15-17-18)7-4-2-1-3-5-7/h1-6H,(H,13,14,19). The highest BCUT2D eigenvalue weighted by Crippen LogP contribution is 2.15. The normalized spacial score (nSPS) is 10.6. The van der Waals surface area contributed by atoms with Gasteiger partial charge in [-0.1, -0.05) is 30.3 Å². The summed E-state index contributed by atoms with van der Waals surface area (Å²) < 4.78 is 0.256. The number of benzene rings is 1. The van der Waals surface area contributed by atoms with Crippen LogP contribution in [-0.2, 0) is 0 Å². The van der Waals surface area contributed by atoms with Crippen molar-refractivity contribution < 1.29 is 0 Å². The lowest BCUT2D eigenvalue weighted by atomic mass is 10.2. The fraction of sp³-hybridized carbons (Fsp3) is 0. The number of aromatic amines is 1. The van der Waals surface area contributed by atoms with Crippen molar-refractivity contribution in [2.24, 2.45) is 0 Å². The van der Waals surface area contributed by atoms with Crippen molar-refractivity contribution in [3.8, 4) is 17.2 Å². The highest BCUT2D eigenvalue weighted by molar-refractivity contribution is 9.10. The van der Waals surface area contributed by atoms with Crippen molar-refractivity contribution in [2.45, 2.75) is 0 Å². The van der Waals surface area contributed by atoms with Gasteiger partial charge in [-0.15, -0.1) is 15.0 Å². The third-order valence-electron chi connectivity index (χ3n) is 2.41. The number of hydrogen-bond acceptors (Lipinski definition) is 5. The van der Waals surface area contributed by atoms with Gasteiger partial charge in [0.25, 0.3) is 5.56 Å². The molecule has 0 saturated heterocycles. The van der Waals surface area contributed by atoms with Crippen molar-refractivity contribution in [1.82, 2.24) is 30.2 Å². The van der Waals surface area contributed by atoms with E-state index in [9.17, 15) is 4.79 Å². The van der Waals surface area contributed by atoms with Crippen molar-refractivity contribution in [3.05, 3.63) is 51.5 Å². The van der Waals surface area contributed by atoms with Gasteiger partial charge in [-0.05, 0) is 21.1 Å². The Kier molecular flexibility index (Phi) is 2.92. The molecule has 2 aromatic heterocycles. The van der Waals surface area contributed by atoms with Crippen LogP contribution in [0, 0.1) is 0 Å². The molecule has 3 aromatic rings. The fourth-order valence-electron chi connectivity index (χ4n) is 1.52. The zero-order chi connectivity index (χ0) is 13.2. The molecule has 0 aliphatic rings. The van der Waals surface area contributed by atoms with E-state index in [2.05, 4.69) is 41.3 Å². The van der Waals surface area contributed by atoms with Crippen LogP contribution in [0.1, 0.15) is 0 Å². The van der Waals surface area contributed by atoms with E-state index in [1.807, 2.05) is 30.3 Å². The SMILES string of the molecule is O=c1[nH]cnc(-n2nnc(-c3ccccc3)n2)c1Br. The summed E-state index contributed by atoms with van der Waals surface area (Å²) in [5, 5.41) is 12.0. The molecule has 0 bridgehead atoms. The summed E-state index contributed by atoms with van der Waals surface area (Å²) in [7, 11) is 0. The van der Waals surface area contributed by atoms with Crippen LogP contribution in [0.5, 0.6) is 0 Å². The monoisotopic (exact) mass is 318 g/mol. The predicted molar refractivity (Wildman–Crippen MR) is 70.7 cm³/mol. The van der Waals surface area contributed by atoms with Crippen LogP contribution >= 0.6 is 15.9 Å². The first-order chi connectivity index (χ1) is 9.25. The molecule has 0 aliphatic heterocycles. The Morgan fingerprint density at radius 2 is 2.00 bits per heavy atom. The molecule has 0 fully saturated rings. The Balaban J connectivity index is 2.07. The number of nitrogens with zero attached hydrogens (tertiary/aromatic N) is 5. The molecule has 19 heavy (non-hydrogen) atoms. The van der Waals surface area contributed by atoms with Crippen molar-refractivity contribution in [3.63, 3.8) is 0 Å². The molecule has 7 nitrogen and oxygen atoms in total. The van der Waals surface area contributed by atoms with Crippen molar-refractivity contribution >= 4 is 15.9 Å². The minimum absolute atomic E-state index is 0.256. The van der Waals surface area contributed by atoms with Gasteiger partial charge < -0.3 is 4.98 Å². The van der Waals surface area contributed by atoms with Gasteiger partial charge in [0.1, 0.15) is 4.47 Å². The van der Waals surface area contributed by atoms with Gasteiger partial charge in [0.15, 0.2) is 5.82 Å². The second-order valence-electron chi connectivity index (χ2n) is 3.64. The highest BCUT2D eigenvalue weighted by atomic mass is 79.9. The van der Waals surface area contributed by atoms with Gasteiger partial charge in [-0.2, -0.15) is 0 Å². The second kappa shape index (κ2) is 4.73. The minimum Gasteiger partial charge on any atom is -0.312 e. The summed E-state index contributed by atoms with van der Waals surface area (Å²) >= 11 is 3.15. The molecular formula is C11H7BrN6O. The fourth-order valence-corrected chi connectivity index (χ4v) is 1.90. The third kappa shape index (κ3) is 2.17. The van der Waals surface area contributed by atoms with Gasteiger partial charge in [0.2, 0.25) is 5.82 Å². The maximum atomic E-state index is 11.5. The van der Waals surface area contributed by atoms with E-state index < -0.39 is 0 Å². The van der Waals surface area contributed by atoms with Crippen LogP contribution in [0.25, 0.3) is 17.2 Å². The van der Waals surface area contributed by atoms with E-state index in [0.717, 1.165) is 5.56 Å². The number of rotatable bonds is 2. The molecule has 0 atom stereocenters. The molecule has 0 amide bonds. The molecule has 0 spiro atoms. The number of hydrogen-bond donors (Lipinski definition) is 1. The van der Waals surface area contributed by atoms with E-state index in [-0.39, 0.29) is 10.0 Å². The Bertz CT molecular complexity index is 766. The molecule has 1 N–H and O–H groups in total. The van der Waals surface area contributed by atoms with E-state index in [1.54, 1.807) is 0 Å².